The van der Waals surface area contributed by atoms with Crippen LogP contribution in [0, 0.1) is 19.7 Å². The molecule has 0 aliphatic carbocycles. The van der Waals surface area contributed by atoms with Gasteiger partial charge in [-0.05, 0) is 59.6 Å². The van der Waals surface area contributed by atoms with Gasteiger partial charge in [0, 0.05) is 0 Å². The standard InChI is InChI=1S/C16H15BrFN3O2S2/c1-10-16(20-25(22,23)15-8-7-14(17)24-15)11(2)21(19-10)9-12-3-5-13(18)6-4-12/h3-8,20H,9H2,1-2H3. The van der Waals surface area contributed by atoms with Crippen LogP contribution in [0.2, 0.25) is 0 Å². The number of rotatable bonds is 5. The molecular weight excluding hydrogens is 429 g/mol. The first-order chi connectivity index (χ1) is 11.8. The number of hydrogen-bond acceptors (Lipinski definition) is 4. The van der Waals surface area contributed by atoms with Crippen molar-refractivity contribution >= 4 is 43.0 Å². The van der Waals surface area contributed by atoms with Gasteiger partial charge in [-0.15, -0.1) is 11.3 Å². The second kappa shape index (κ2) is 6.89. The minimum Gasteiger partial charge on any atom is -0.275 e. The number of aromatic nitrogens is 2. The molecule has 1 N–H and O–H groups in total. The van der Waals surface area contributed by atoms with Crippen LogP contribution < -0.4 is 4.72 Å². The van der Waals surface area contributed by atoms with Crippen molar-refractivity contribution < 1.29 is 12.8 Å². The van der Waals surface area contributed by atoms with Crippen LogP contribution in [0.25, 0.3) is 0 Å². The first-order valence-corrected chi connectivity index (χ1v) is 10.4. The summed E-state index contributed by atoms with van der Waals surface area (Å²) in [5.41, 5.74) is 2.62. The predicted molar refractivity (Wildman–Crippen MR) is 100 cm³/mol. The minimum atomic E-state index is -3.67. The number of benzene rings is 1. The maximum atomic E-state index is 13.0. The van der Waals surface area contributed by atoms with Gasteiger partial charge in [-0.25, -0.2) is 12.8 Å². The predicted octanol–water partition coefficient (Wildman–Crippen LogP) is 4.31. The molecule has 132 valence electrons. The highest BCUT2D eigenvalue weighted by atomic mass is 79.9. The number of aryl methyl sites for hydroxylation is 1. The Balaban J connectivity index is 1.88. The lowest BCUT2D eigenvalue weighted by Crippen LogP contribution is -2.13. The molecule has 0 bridgehead atoms. The molecule has 5 nitrogen and oxygen atoms in total. The fourth-order valence-corrected chi connectivity index (χ4v) is 5.57. The fourth-order valence-electron chi connectivity index (χ4n) is 2.39. The van der Waals surface area contributed by atoms with Crippen LogP contribution in [0.3, 0.4) is 0 Å². The number of halogens is 2. The zero-order valence-corrected chi connectivity index (χ0v) is 16.7. The summed E-state index contributed by atoms with van der Waals surface area (Å²) in [5.74, 6) is -0.298. The Hall–Kier alpha value is -1.71. The monoisotopic (exact) mass is 443 g/mol. The van der Waals surface area contributed by atoms with Gasteiger partial charge in [-0.2, -0.15) is 5.10 Å². The molecule has 2 heterocycles. The third kappa shape index (κ3) is 3.94. The van der Waals surface area contributed by atoms with Gasteiger partial charge in [0.05, 0.1) is 27.4 Å². The lowest BCUT2D eigenvalue weighted by molar-refractivity contribution is 0.603. The molecule has 2 aromatic heterocycles. The molecule has 3 aromatic rings. The van der Waals surface area contributed by atoms with Gasteiger partial charge in [0.25, 0.3) is 10.0 Å². The van der Waals surface area contributed by atoms with Crippen LogP contribution in [0.15, 0.2) is 44.4 Å². The first-order valence-electron chi connectivity index (χ1n) is 7.33. The normalized spacial score (nSPS) is 11.7. The van der Waals surface area contributed by atoms with Gasteiger partial charge in [0.2, 0.25) is 0 Å². The second-order valence-corrected chi connectivity index (χ2v) is 9.87. The largest absolute Gasteiger partial charge is 0.275 e. The highest BCUT2D eigenvalue weighted by Crippen LogP contribution is 2.29. The summed E-state index contributed by atoms with van der Waals surface area (Å²) in [6.07, 6.45) is 0. The van der Waals surface area contributed by atoms with Crippen molar-refractivity contribution in [2.75, 3.05) is 4.72 Å². The summed E-state index contributed by atoms with van der Waals surface area (Å²) in [4.78, 5) is 0. The van der Waals surface area contributed by atoms with Crippen molar-refractivity contribution in [3.8, 4) is 0 Å². The van der Waals surface area contributed by atoms with Crippen molar-refractivity contribution in [1.82, 2.24) is 9.78 Å². The first kappa shape index (κ1) is 18.1. The quantitative estimate of drug-likeness (QED) is 0.638. The van der Waals surface area contributed by atoms with Crippen LogP contribution in [0.4, 0.5) is 10.1 Å². The number of nitrogens with zero attached hydrogens (tertiary/aromatic N) is 2. The zero-order valence-electron chi connectivity index (χ0n) is 13.5. The van der Waals surface area contributed by atoms with Gasteiger partial charge >= 0.3 is 0 Å². The molecular formula is C16H15BrFN3O2S2. The lowest BCUT2D eigenvalue weighted by Gasteiger charge is -2.08. The SMILES string of the molecule is Cc1nn(Cc2ccc(F)cc2)c(C)c1NS(=O)(=O)c1ccc(Br)s1. The third-order valence-corrected chi connectivity index (χ3v) is 7.14. The third-order valence-electron chi connectivity index (χ3n) is 3.68. The number of nitrogens with one attached hydrogen (secondary N) is 1. The van der Waals surface area contributed by atoms with Gasteiger partial charge in [0.1, 0.15) is 10.0 Å². The summed E-state index contributed by atoms with van der Waals surface area (Å²) in [6.45, 7) is 3.97. The van der Waals surface area contributed by atoms with E-state index in [1.54, 1.807) is 42.8 Å². The van der Waals surface area contributed by atoms with Gasteiger partial charge in [0.15, 0.2) is 0 Å². The van der Waals surface area contributed by atoms with E-state index in [0.717, 1.165) is 20.7 Å². The molecule has 0 aliphatic heterocycles. The minimum absolute atomic E-state index is 0.226. The molecule has 0 amide bonds. The number of anilines is 1. The molecule has 1 aromatic carbocycles. The molecule has 0 spiro atoms. The second-order valence-electron chi connectivity index (χ2n) is 5.49. The number of sulfonamides is 1. The summed E-state index contributed by atoms with van der Waals surface area (Å²) in [7, 11) is -3.67. The molecule has 3 rings (SSSR count). The Kier molecular flexibility index (Phi) is 4.99. The van der Waals surface area contributed by atoms with Crippen molar-refractivity contribution in [1.29, 1.82) is 0 Å². The van der Waals surface area contributed by atoms with E-state index < -0.39 is 10.0 Å². The molecule has 0 unspecified atom stereocenters. The van der Waals surface area contributed by atoms with Gasteiger partial charge in [-0.3, -0.25) is 9.40 Å². The van der Waals surface area contributed by atoms with Crippen molar-refractivity contribution in [2.24, 2.45) is 0 Å². The van der Waals surface area contributed by atoms with Crippen molar-refractivity contribution in [2.45, 2.75) is 24.6 Å². The van der Waals surface area contributed by atoms with E-state index in [9.17, 15) is 12.8 Å². The Labute approximate surface area is 157 Å². The van der Waals surface area contributed by atoms with E-state index in [0.29, 0.717) is 23.6 Å². The summed E-state index contributed by atoms with van der Waals surface area (Å²) in [6, 6.07) is 9.37. The molecule has 0 aliphatic rings. The Morgan fingerprint density at radius 3 is 2.48 bits per heavy atom. The molecule has 0 fully saturated rings. The Morgan fingerprint density at radius 2 is 1.88 bits per heavy atom. The van der Waals surface area contributed by atoms with Crippen molar-refractivity contribution in [3.63, 3.8) is 0 Å². The summed E-state index contributed by atoms with van der Waals surface area (Å²) in [5, 5.41) is 4.40. The molecule has 9 heteroatoms. The fraction of sp³-hybridized carbons (Fsp3) is 0.188. The maximum absolute atomic E-state index is 13.0. The Bertz CT molecular complexity index is 1010. The highest BCUT2D eigenvalue weighted by Gasteiger charge is 2.21. The highest BCUT2D eigenvalue weighted by molar-refractivity contribution is 9.11. The molecule has 0 atom stereocenters. The van der Waals surface area contributed by atoms with Crippen molar-refractivity contribution in [3.05, 3.63) is 63.0 Å². The maximum Gasteiger partial charge on any atom is 0.271 e. The van der Waals surface area contributed by atoms with Gasteiger partial charge in [-0.1, -0.05) is 12.1 Å². The van der Waals surface area contributed by atoms with E-state index in [1.165, 1.54) is 12.1 Å². The van der Waals surface area contributed by atoms with E-state index in [2.05, 4.69) is 25.8 Å². The Morgan fingerprint density at radius 1 is 1.20 bits per heavy atom. The van der Waals surface area contributed by atoms with Crippen LogP contribution in [-0.2, 0) is 16.6 Å². The average molecular weight is 444 g/mol. The van der Waals surface area contributed by atoms with E-state index in [1.807, 2.05) is 0 Å². The van der Waals surface area contributed by atoms with Crippen LogP contribution in [0.1, 0.15) is 17.0 Å². The number of thiophene rings is 1. The summed E-state index contributed by atoms with van der Waals surface area (Å²) < 4.78 is 43.4. The van der Waals surface area contributed by atoms with E-state index in [-0.39, 0.29) is 10.0 Å². The number of hydrogen-bond donors (Lipinski definition) is 1. The van der Waals surface area contributed by atoms with Crippen LogP contribution in [-0.4, -0.2) is 18.2 Å². The molecule has 0 radical (unpaired) electrons. The van der Waals surface area contributed by atoms with E-state index >= 15 is 0 Å². The molecule has 25 heavy (non-hydrogen) atoms. The zero-order chi connectivity index (χ0) is 18.2. The smallest absolute Gasteiger partial charge is 0.271 e. The van der Waals surface area contributed by atoms with Crippen LogP contribution >= 0.6 is 27.3 Å². The average Bonchev–Trinajstić information content (AvgIpc) is 3.09. The molecule has 0 saturated heterocycles. The topological polar surface area (TPSA) is 64.0 Å². The van der Waals surface area contributed by atoms with Crippen LogP contribution in [0.5, 0.6) is 0 Å². The van der Waals surface area contributed by atoms with Gasteiger partial charge < -0.3 is 0 Å². The summed E-state index contributed by atoms with van der Waals surface area (Å²) >= 11 is 4.41. The molecule has 0 saturated carbocycles. The van der Waals surface area contributed by atoms with E-state index in [4.69, 9.17) is 0 Å². The lowest BCUT2D eigenvalue weighted by atomic mass is 10.2.